The van der Waals surface area contributed by atoms with Crippen molar-refractivity contribution in [3.05, 3.63) is 59.2 Å². The number of methoxy groups -OCH3 is 1. The fourth-order valence-corrected chi connectivity index (χ4v) is 3.16. The summed E-state index contributed by atoms with van der Waals surface area (Å²) in [5.74, 6) is 1.20. The number of phenols is 1. The predicted octanol–water partition coefficient (Wildman–Crippen LogP) is 5.15. The average Bonchev–Trinajstić information content (AvgIpc) is 2.53. The minimum atomic E-state index is 0.314. The third kappa shape index (κ3) is 2.12. The Kier molecular flexibility index (Phi) is 3.53. The third-order valence-corrected chi connectivity index (χ3v) is 4.43. The highest BCUT2D eigenvalue weighted by Crippen LogP contribution is 2.42. The molecule has 22 heavy (non-hydrogen) atoms. The van der Waals surface area contributed by atoms with E-state index in [4.69, 9.17) is 4.74 Å². The number of aromatic hydroxyl groups is 1. The molecule has 3 rings (SSSR count). The molecular formula is C20H20O2. The molecule has 0 saturated heterocycles. The molecule has 112 valence electrons. The SMILES string of the molecule is COc1cc(C)c(-c2c(O)ccc3ccccc23)c(C)c1C. The first-order valence-corrected chi connectivity index (χ1v) is 7.40. The molecular weight excluding hydrogens is 272 g/mol. The van der Waals surface area contributed by atoms with E-state index >= 15 is 0 Å². The van der Waals surface area contributed by atoms with E-state index < -0.39 is 0 Å². The Morgan fingerprint density at radius 2 is 1.59 bits per heavy atom. The fraction of sp³-hybridized carbons (Fsp3) is 0.200. The van der Waals surface area contributed by atoms with E-state index in [1.54, 1.807) is 13.2 Å². The largest absolute Gasteiger partial charge is 0.507 e. The average molecular weight is 292 g/mol. The van der Waals surface area contributed by atoms with Crippen LogP contribution in [-0.4, -0.2) is 12.2 Å². The van der Waals surface area contributed by atoms with Crippen LogP contribution in [0.4, 0.5) is 0 Å². The topological polar surface area (TPSA) is 29.5 Å². The molecule has 0 fully saturated rings. The Labute approximate surface area is 131 Å². The summed E-state index contributed by atoms with van der Waals surface area (Å²) in [6.07, 6.45) is 0. The van der Waals surface area contributed by atoms with E-state index in [2.05, 4.69) is 32.9 Å². The molecule has 2 nitrogen and oxygen atoms in total. The second-order valence-corrected chi connectivity index (χ2v) is 5.70. The first kappa shape index (κ1) is 14.5. The Hall–Kier alpha value is -2.48. The monoisotopic (exact) mass is 292 g/mol. The Morgan fingerprint density at radius 3 is 2.32 bits per heavy atom. The molecule has 0 saturated carbocycles. The van der Waals surface area contributed by atoms with E-state index in [0.29, 0.717) is 5.75 Å². The van der Waals surface area contributed by atoms with Crippen molar-refractivity contribution in [1.29, 1.82) is 0 Å². The first-order valence-electron chi connectivity index (χ1n) is 7.40. The van der Waals surface area contributed by atoms with Crippen molar-refractivity contribution in [2.75, 3.05) is 7.11 Å². The van der Waals surface area contributed by atoms with E-state index in [0.717, 1.165) is 44.3 Å². The number of fused-ring (bicyclic) bond motifs is 1. The lowest BCUT2D eigenvalue weighted by Crippen LogP contribution is -1.97. The van der Waals surface area contributed by atoms with Crippen LogP contribution in [0.15, 0.2) is 42.5 Å². The summed E-state index contributed by atoms with van der Waals surface area (Å²) in [4.78, 5) is 0. The van der Waals surface area contributed by atoms with Gasteiger partial charge in [-0.3, -0.25) is 0 Å². The normalized spacial score (nSPS) is 10.9. The molecule has 0 unspecified atom stereocenters. The summed E-state index contributed by atoms with van der Waals surface area (Å²) in [6, 6.07) is 13.9. The van der Waals surface area contributed by atoms with Gasteiger partial charge in [-0.25, -0.2) is 0 Å². The van der Waals surface area contributed by atoms with Crippen LogP contribution >= 0.6 is 0 Å². The molecule has 0 atom stereocenters. The minimum absolute atomic E-state index is 0.314. The van der Waals surface area contributed by atoms with Crippen LogP contribution in [0.3, 0.4) is 0 Å². The zero-order valence-corrected chi connectivity index (χ0v) is 13.4. The second-order valence-electron chi connectivity index (χ2n) is 5.70. The zero-order chi connectivity index (χ0) is 15.9. The Bertz CT molecular complexity index is 863. The van der Waals surface area contributed by atoms with E-state index in [9.17, 15) is 5.11 Å². The van der Waals surface area contributed by atoms with Gasteiger partial charge in [-0.05, 0) is 65.9 Å². The van der Waals surface area contributed by atoms with Crippen LogP contribution in [0.25, 0.3) is 21.9 Å². The maximum Gasteiger partial charge on any atom is 0.124 e. The third-order valence-electron chi connectivity index (χ3n) is 4.43. The highest BCUT2D eigenvalue weighted by molar-refractivity contribution is 6.01. The first-order chi connectivity index (χ1) is 10.5. The lowest BCUT2D eigenvalue weighted by Gasteiger charge is -2.18. The van der Waals surface area contributed by atoms with E-state index in [1.165, 1.54) is 0 Å². The van der Waals surface area contributed by atoms with Gasteiger partial charge in [0.2, 0.25) is 0 Å². The van der Waals surface area contributed by atoms with Crippen LogP contribution in [0.1, 0.15) is 16.7 Å². The Balaban J connectivity index is 2.43. The summed E-state index contributed by atoms with van der Waals surface area (Å²) in [5, 5.41) is 12.7. The fourth-order valence-electron chi connectivity index (χ4n) is 3.16. The number of phenolic OH excluding ortho intramolecular Hbond substituents is 1. The van der Waals surface area contributed by atoms with Crippen molar-refractivity contribution in [2.45, 2.75) is 20.8 Å². The number of benzene rings is 3. The Morgan fingerprint density at radius 1 is 0.864 bits per heavy atom. The number of ether oxygens (including phenoxy) is 1. The standard InChI is InChI=1S/C20H20O2/c1-12-11-18(22-4)13(2)14(3)19(12)20-16-8-6-5-7-15(16)9-10-17(20)21/h5-11,21H,1-4H3. The zero-order valence-electron chi connectivity index (χ0n) is 13.4. The molecule has 0 amide bonds. The number of hydrogen-bond donors (Lipinski definition) is 1. The van der Waals surface area contributed by atoms with Gasteiger partial charge in [-0.15, -0.1) is 0 Å². The van der Waals surface area contributed by atoms with Crippen molar-refractivity contribution in [3.63, 3.8) is 0 Å². The van der Waals surface area contributed by atoms with Crippen LogP contribution < -0.4 is 4.74 Å². The van der Waals surface area contributed by atoms with Crippen LogP contribution in [0, 0.1) is 20.8 Å². The molecule has 3 aromatic carbocycles. The lowest BCUT2D eigenvalue weighted by atomic mass is 9.88. The van der Waals surface area contributed by atoms with Gasteiger partial charge >= 0.3 is 0 Å². The number of rotatable bonds is 2. The second kappa shape index (κ2) is 5.38. The quantitative estimate of drug-likeness (QED) is 0.708. The molecule has 0 aliphatic heterocycles. The van der Waals surface area contributed by atoms with Gasteiger partial charge in [0.15, 0.2) is 0 Å². The van der Waals surface area contributed by atoms with Gasteiger partial charge < -0.3 is 9.84 Å². The molecule has 3 aromatic rings. The molecule has 1 N–H and O–H groups in total. The summed E-state index contributed by atoms with van der Waals surface area (Å²) in [7, 11) is 1.69. The molecule has 2 heteroatoms. The van der Waals surface area contributed by atoms with Crippen LogP contribution in [0.5, 0.6) is 11.5 Å². The predicted molar refractivity (Wildman–Crippen MR) is 91.8 cm³/mol. The highest BCUT2D eigenvalue weighted by Gasteiger charge is 2.17. The summed E-state index contributed by atoms with van der Waals surface area (Å²) < 4.78 is 5.45. The molecule has 0 aliphatic rings. The summed E-state index contributed by atoms with van der Waals surface area (Å²) >= 11 is 0. The number of hydrogen-bond acceptors (Lipinski definition) is 2. The number of aryl methyl sites for hydroxylation is 1. The summed E-state index contributed by atoms with van der Waals surface area (Å²) in [5.41, 5.74) is 5.34. The minimum Gasteiger partial charge on any atom is -0.507 e. The molecule has 0 bridgehead atoms. The van der Waals surface area contributed by atoms with Crippen LogP contribution in [-0.2, 0) is 0 Å². The summed E-state index contributed by atoms with van der Waals surface area (Å²) in [6.45, 7) is 6.20. The van der Waals surface area contributed by atoms with Gasteiger partial charge in [0, 0.05) is 5.56 Å². The molecule has 0 radical (unpaired) electrons. The van der Waals surface area contributed by atoms with Gasteiger partial charge in [0.25, 0.3) is 0 Å². The highest BCUT2D eigenvalue weighted by atomic mass is 16.5. The van der Waals surface area contributed by atoms with Crippen molar-refractivity contribution >= 4 is 10.8 Å². The van der Waals surface area contributed by atoms with Gasteiger partial charge in [-0.1, -0.05) is 30.3 Å². The molecule has 0 heterocycles. The van der Waals surface area contributed by atoms with Gasteiger partial charge in [-0.2, -0.15) is 0 Å². The van der Waals surface area contributed by atoms with E-state index in [-0.39, 0.29) is 0 Å². The van der Waals surface area contributed by atoms with Crippen molar-refractivity contribution < 1.29 is 9.84 Å². The van der Waals surface area contributed by atoms with E-state index in [1.807, 2.05) is 24.3 Å². The van der Waals surface area contributed by atoms with Gasteiger partial charge in [0.1, 0.15) is 11.5 Å². The lowest BCUT2D eigenvalue weighted by molar-refractivity contribution is 0.411. The van der Waals surface area contributed by atoms with Crippen LogP contribution in [0.2, 0.25) is 0 Å². The van der Waals surface area contributed by atoms with Crippen molar-refractivity contribution in [1.82, 2.24) is 0 Å². The van der Waals surface area contributed by atoms with Crippen molar-refractivity contribution in [3.8, 4) is 22.6 Å². The molecule has 0 aliphatic carbocycles. The maximum atomic E-state index is 10.5. The molecule has 0 aromatic heterocycles. The molecule has 0 spiro atoms. The maximum absolute atomic E-state index is 10.5. The smallest absolute Gasteiger partial charge is 0.124 e. The van der Waals surface area contributed by atoms with Crippen molar-refractivity contribution in [2.24, 2.45) is 0 Å². The van der Waals surface area contributed by atoms with Gasteiger partial charge in [0.05, 0.1) is 7.11 Å².